The van der Waals surface area contributed by atoms with Crippen LogP contribution >= 0.6 is 0 Å². The lowest BCUT2D eigenvalue weighted by Crippen LogP contribution is -2.42. The van der Waals surface area contributed by atoms with E-state index in [1.807, 2.05) is 13.0 Å². The number of para-hydroxylation sites is 1. The van der Waals surface area contributed by atoms with Gasteiger partial charge in [0.15, 0.2) is 11.4 Å². The molecule has 0 aliphatic carbocycles. The van der Waals surface area contributed by atoms with Gasteiger partial charge in [-0.15, -0.1) is 0 Å². The standard InChI is InChI=1S/C17H17N3O5/c1-4-13-19-14(25-20-13)10-7-5-6-8-12(10)18-9-11-15(21)23-17(2,3)24-16(11)22/h5-9,18H,4H2,1-3H3. The summed E-state index contributed by atoms with van der Waals surface area (Å²) in [5, 5.41) is 6.77. The third kappa shape index (κ3) is 3.52. The van der Waals surface area contributed by atoms with E-state index in [1.54, 1.807) is 18.2 Å². The number of anilines is 1. The molecule has 0 spiro atoms. The SMILES string of the molecule is CCc1noc(-c2ccccc2NC=C2C(=O)OC(C)(C)OC2=O)n1. The van der Waals surface area contributed by atoms with Crippen molar-refractivity contribution in [1.29, 1.82) is 0 Å². The number of cyclic esters (lactones) is 2. The smallest absolute Gasteiger partial charge is 0.350 e. The van der Waals surface area contributed by atoms with Gasteiger partial charge in [0.25, 0.3) is 11.7 Å². The van der Waals surface area contributed by atoms with Gasteiger partial charge in [-0.1, -0.05) is 24.2 Å². The van der Waals surface area contributed by atoms with Crippen LogP contribution in [0.2, 0.25) is 0 Å². The molecule has 0 saturated carbocycles. The summed E-state index contributed by atoms with van der Waals surface area (Å²) in [4.78, 5) is 28.2. The van der Waals surface area contributed by atoms with Crippen LogP contribution in [-0.4, -0.2) is 27.9 Å². The highest BCUT2D eigenvalue weighted by atomic mass is 16.7. The van der Waals surface area contributed by atoms with Crippen LogP contribution in [0.3, 0.4) is 0 Å². The maximum absolute atomic E-state index is 12.0. The van der Waals surface area contributed by atoms with E-state index < -0.39 is 17.7 Å². The molecule has 2 aromatic rings. The molecule has 0 atom stereocenters. The van der Waals surface area contributed by atoms with Gasteiger partial charge in [0.2, 0.25) is 0 Å². The Bertz CT molecular complexity index is 831. The Labute approximate surface area is 143 Å². The maximum atomic E-state index is 12.0. The largest absolute Gasteiger partial charge is 0.419 e. The predicted molar refractivity (Wildman–Crippen MR) is 87.1 cm³/mol. The molecule has 1 N–H and O–H groups in total. The Morgan fingerprint density at radius 3 is 2.48 bits per heavy atom. The average Bonchev–Trinajstić information content (AvgIpc) is 3.02. The van der Waals surface area contributed by atoms with Gasteiger partial charge in [-0.2, -0.15) is 4.98 Å². The number of esters is 2. The molecule has 1 fully saturated rings. The van der Waals surface area contributed by atoms with Gasteiger partial charge >= 0.3 is 11.9 Å². The lowest BCUT2D eigenvalue weighted by molar-refractivity contribution is -0.222. The molecule has 0 radical (unpaired) electrons. The minimum atomic E-state index is -1.27. The van der Waals surface area contributed by atoms with Crippen molar-refractivity contribution >= 4 is 17.6 Å². The van der Waals surface area contributed by atoms with Crippen molar-refractivity contribution in [1.82, 2.24) is 10.1 Å². The maximum Gasteiger partial charge on any atom is 0.350 e. The summed E-state index contributed by atoms with van der Waals surface area (Å²) in [6, 6.07) is 7.15. The van der Waals surface area contributed by atoms with E-state index in [2.05, 4.69) is 15.5 Å². The summed E-state index contributed by atoms with van der Waals surface area (Å²) >= 11 is 0. The van der Waals surface area contributed by atoms with Crippen molar-refractivity contribution < 1.29 is 23.6 Å². The molecule has 0 amide bonds. The Morgan fingerprint density at radius 2 is 1.84 bits per heavy atom. The fourth-order valence-electron chi connectivity index (χ4n) is 2.23. The first-order valence-electron chi connectivity index (χ1n) is 7.75. The zero-order chi connectivity index (χ0) is 18.0. The molecule has 1 aromatic heterocycles. The number of carbonyl (C=O) groups excluding carboxylic acids is 2. The van der Waals surface area contributed by atoms with E-state index in [-0.39, 0.29) is 5.57 Å². The van der Waals surface area contributed by atoms with Crippen LogP contribution < -0.4 is 5.32 Å². The van der Waals surface area contributed by atoms with Crippen LogP contribution in [-0.2, 0) is 25.5 Å². The normalized spacial score (nSPS) is 16.2. The Morgan fingerprint density at radius 1 is 1.16 bits per heavy atom. The molecule has 2 heterocycles. The molecule has 8 nitrogen and oxygen atoms in total. The van der Waals surface area contributed by atoms with Crippen molar-refractivity contribution in [2.75, 3.05) is 5.32 Å². The molecule has 1 aromatic carbocycles. The summed E-state index contributed by atoms with van der Waals surface area (Å²) in [6.45, 7) is 4.90. The molecule has 0 bridgehead atoms. The van der Waals surface area contributed by atoms with Crippen LogP contribution in [0, 0.1) is 0 Å². The fraction of sp³-hybridized carbons (Fsp3) is 0.294. The molecule has 0 unspecified atom stereocenters. The van der Waals surface area contributed by atoms with E-state index >= 15 is 0 Å². The van der Waals surface area contributed by atoms with E-state index in [0.717, 1.165) is 0 Å². The van der Waals surface area contributed by atoms with Gasteiger partial charge in [-0.3, -0.25) is 0 Å². The number of benzene rings is 1. The van der Waals surface area contributed by atoms with Crippen LogP contribution in [0.5, 0.6) is 0 Å². The molecule has 25 heavy (non-hydrogen) atoms. The Kier molecular flexibility index (Phi) is 4.26. The Balaban J connectivity index is 1.87. The highest BCUT2D eigenvalue weighted by molar-refractivity contribution is 6.15. The highest BCUT2D eigenvalue weighted by Gasteiger charge is 2.39. The number of aryl methyl sites for hydroxylation is 1. The topological polar surface area (TPSA) is 104 Å². The molecule has 1 aliphatic heterocycles. The summed E-state index contributed by atoms with van der Waals surface area (Å²) < 4.78 is 15.3. The second-order valence-corrected chi connectivity index (χ2v) is 5.80. The van der Waals surface area contributed by atoms with E-state index in [1.165, 1.54) is 20.0 Å². The number of nitrogens with zero attached hydrogens (tertiary/aromatic N) is 2. The fourth-order valence-corrected chi connectivity index (χ4v) is 2.23. The minimum absolute atomic E-state index is 0.228. The van der Waals surface area contributed by atoms with Crippen LogP contribution in [0.25, 0.3) is 11.5 Å². The second-order valence-electron chi connectivity index (χ2n) is 5.80. The van der Waals surface area contributed by atoms with Gasteiger partial charge in [-0.05, 0) is 12.1 Å². The lowest BCUT2D eigenvalue weighted by atomic mass is 10.1. The van der Waals surface area contributed by atoms with Crippen LogP contribution in [0.1, 0.15) is 26.6 Å². The van der Waals surface area contributed by atoms with Crippen LogP contribution in [0.15, 0.2) is 40.6 Å². The van der Waals surface area contributed by atoms with E-state index in [0.29, 0.717) is 29.4 Å². The monoisotopic (exact) mass is 343 g/mol. The molecule has 3 rings (SSSR count). The number of nitrogens with one attached hydrogen (secondary N) is 1. The van der Waals surface area contributed by atoms with Crippen molar-refractivity contribution in [3.05, 3.63) is 41.9 Å². The molecular formula is C17H17N3O5. The summed E-state index contributed by atoms with van der Waals surface area (Å²) in [5.41, 5.74) is 1.00. The summed E-state index contributed by atoms with van der Waals surface area (Å²) in [6.07, 6.45) is 1.90. The number of carbonyl (C=O) groups is 2. The number of ether oxygens (including phenoxy) is 2. The summed E-state index contributed by atoms with van der Waals surface area (Å²) in [5.74, 6) is -1.85. The lowest BCUT2D eigenvalue weighted by Gasteiger charge is -2.29. The predicted octanol–water partition coefficient (Wildman–Crippen LogP) is 2.43. The van der Waals surface area contributed by atoms with Crippen LogP contribution in [0.4, 0.5) is 5.69 Å². The third-order valence-corrected chi connectivity index (χ3v) is 3.43. The highest BCUT2D eigenvalue weighted by Crippen LogP contribution is 2.28. The van der Waals surface area contributed by atoms with Crippen molar-refractivity contribution in [3.63, 3.8) is 0 Å². The Hall–Kier alpha value is -3.16. The van der Waals surface area contributed by atoms with Gasteiger partial charge in [0, 0.05) is 26.5 Å². The van der Waals surface area contributed by atoms with E-state index in [9.17, 15) is 9.59 Å². The molecule has 1 aliphatic rings. The molecule has 130 valence electrons. The quantitative estimate of drug-likeness (QED) is 0.513. The summed E-state index contributed by atoms with van der Waals surface area (Å²) in [7, 11) is 0. The van der Waals surface area contributed by atoms with Gasteiger partial charge in [0.05, 0.1) is 11.3 Å². The van der Waals surface area contributed by atoms with E-state index in [4.69, 9.17) is 14.0 Å². The first kappa shape index (κ1) is 16.7. The van der Waals surface area contributed by atoms with Gasteiger partial charge < -0.3 is 19.3 Å². The first-order valence-corrected chi connectivity index (χ1v) is 7.75. The molecule has 1 saturated heterocycles. The van der Waals surface area contributed by atoms with Crippen molar-refractivity contribution in [2.24, 2.45) is 0 Å². The molecule has 8 heteroatoms. The first-order chi connectivity index (χ1) is 11.9. The zero-order valence-corrected chi connectivity index (χ0v) is 14.0. The number of aromatic nitrogens is 2. The van der Waals surface area contributed by atoms with Gasteiger partial charge in [-0.25, -0.2) is 9.59 Å². The van der Waals surface area contributed by atoms with Crippen molar-refractivity contribution in [2.45, 2.75) is 33.0 Å². The second kappa shape index (κ2) is 6.39. The number of rotatable bonds is 4. The number of hydrogen-bond acceptors (Lipinski definition) is 8. The van der Waals surface area contributed by atoms with Crippen molar-refractivity contribution in [3.8, 4) is 11.5 Å². The average molecular weight is 343 g/mol. The van der Waals surface area contributed by atoms with Gasteiger partial charge in [0.1, 0.15) is 0 Å². The minimum Gasteiger partial charge on any atom is -0.419 e. The molecular weight excluding hydrogens is 326 g/mol. The number of hydrogen-bond donors (Lipinski definition) is 1. The third-order valence-electron chi connectivity index (χ3n) is 3.43. The zero-order valence-electron chi connectivity index (χ0n) is 14.0.